The van der Waals surface area contributed by atoms with Gasteiger partial charge in [-0.1, -0.05) is 23.2 Å². The Morgan fingerprint density at radius 2 is 1.95 bits per heavy atom. The normalized spacial score (nSPS) is 12.0. The molecule has 1 heterocycles. The van der Waals surface area contributed by atoms with Gasteiger partial charge in [-0.15, -0.1) is 0 Å². The van der Waals surface area contributed by atoms with Crippen LogP contribution in [-0.4, -0.2) is 21.1 Å². The van der Waals surface area contributed by atoms with Gasteiger partial charge in [-0.3, -0.25) is 9.78 Å². The first-order valence-electron chi connectivity index (χ1n) is 6.47. The van der Waals surface area contributed by atoms with E-state index in [2.05, 4.69) is 10.3 Å². The number of carbonyl (C=O) groups is 1. The lowest BCUT2D eigenvalue weighted by Gasteiger charge is -2.13. The molecule has 0 bridgehead atoms. The third-order valence-electron chi connectivity index (χ3n) is 3.00. The van der Waals surface area contributed by atoms with Crippen molar-refractivity contribution in [2.75, 3.05) is 5.32 Å². The number of carbonyl (C=O) groups excluding carboxylic acids is 1. The summed E-state index contributed by atoms with van der Waals surface area (Å²) >= 11 is 11.7. The van der Waals surface area contributed by atoms with E-state index in [1.165, 1.54) is 12.4 Å². The van der Waals surface area contributed by atoms with E-state index in [-0.39, 0.29) is 13.0 Å². The second-order valence-electron chi connectivity index (χ2n) is 4.66. The molecule has 0 radical (unpaired) electrons. The first kappa shape index (κ1) is 16.7. The van der Waals surface area contributed by atoms with Crippen molar-refractivity contribution in [3.05, 3.63) is 57.8 Å². The highest BCUT2D eigenvalue weighted by Crippen LogP contribution is 2.25. The number of anilines is 1. The van der Waals surface area contributed by atoms with Gasteiger partial charge in [0.15, 0.2) is 0 Å². The zero-order valence-corrected chi connectivity index (χ0v) is 13.0. The molecule has 0 saturated heterocycles. The van der Waals surface area contributed by atoms with Crippen LogP contribution in [0.5, 0.6) is 0 Å². The van der Waals surface area contributed by atoms with Crippen LogP contribution in [0.4, 0.5) is 5.69 Å². The number of amides is 1. The van der Waals surface area contributed by atoms with Crippen LogP contribution < -0.4 is 5.32 Å². The molecule has 1 atom stereocenters. The number of aliphatic hydroxyl groups is 2. The largest absolute Gasteiger partial charge is 0.392 e. The molecule has 0 saturated carbocycles. The van der Waals surface area contributed by atoms with Crippen LogP contribution >= 0.6 is 23.2 Å². The molecule has 2 aromatic rings. The summed E-state index contributed by atoms with van der Waals surface area (Å²) in [6, 6.07) is 6.24. The highest BCUT2D eigenvalue weighted by atomic mass is 35.5. The second-order valence-corrected chi connectivity index (χ2v) is 5.53. The molecule has 2 rings (SSSR count). The van der Waals surface area contributed by atoms with Crippen molar-refractivity contribution in [3.63, 3.8) is 0 Å². The van der Waals surface area contributed by atoms with E-state index in [9.17, 15) is 15.0 Å². The minimum Gasteiger partial charge on any atom is -0.392 e. The summed E-state index contributed by atoms with van der Waals surface area (Å²) in [5.41, 5.74) is 1.41. The fourth-order valence-electron chi connectivity index (χ4n) is 1.94. The summed E-state index contributed by atoms with van der Waals surface area (Å²) < 4.78 is 0. The molecule has 22 heavy (non-hydrogen) atoms. The highest BCUT2D eigenvalue weighted by Gasteiger charge is 2.15. The Morgan fingerprint density at radius 3 is 2.59 bits per heavy atom. The summed E-state index contributed by atoms with van der Waals surface area (Å²) in [6.45, 7) is -0.218. The van der Waals surface area contributed by atoms with Crippen LogP contribution in [0, 0.1) is 0 Å². The maximum atomic E-state index is 12.0. The summed E-state index contributed by atoms with van der Waals surface area (Å²) in [5.74, 6) is -0.411. The molecular formula is C15H14Cl2N2O3. The van der Waals surface area contributed by atoms with E-state index in [1.54, 1.807) is 24.3 Å². The van der Waals surface area contributed by atoms with Crippen molar-refractivity contribution in [2.45, 2.75) is 19.1 Å². The second kappa shape index (κ2) is 7.56. The summed E-state index contributed by atoms with van der Waals surface area (Å²) in [4.78, 5) is 15.9. The molecule has 0 spiro atoms. The Labute approximate surface area is 137 Å². The number of nitrogens with one attached hydrogen (secondary N) is 1. The van der Waals surface area contributed by atoms with Gasteiger partial charge in [-0.2, -0.15) is 0 Å². The maximum absolute atomic E-state index is 12.0. The number of benzene rings is 1. The third-order valence-corrected chi connectivity index (χ3v) is 3.44. The Hall–Kier alpha value is -1.66. The van der Waals surface area contributed by atoms with E-state index >= 15 is 0 Å². The van der Waals surface area contributed by atoms with Crippen molar-refractivity contribution in [3.8, 4) is 0 Å². The monoisotopic (exact) mass is 340 g/mol. The quantitative estimate of drug-likeness (QED) is 0.781. The van der Waals surface area contributed by atoms with Gasteiger partial charge in [0.25, 0.3) is 0 Å². The van der Waals surface area contributed by atoms with Gasteiger partial charge in [-0.25, -0.2) is 0 Å². The minimum absolute atomic E-state index is 0.170. The predicted molar refractivity (Wildman–Crippen MR) is 84.8 cm³/mol. The van der Waals surface area contributed by atoms with Gasteiger partial charge < -0.3 is 15.5 Å². The van der Waals surface area contributed by atoms with Crippen molar-refractivity contribution in [1.29, 1.82) is 0 Å². The molecule has 1 aromatic carbocycles. The first-order chi connectivity index (χ1) is 10.5. The molecule has 1 unspecified atom stereocenters. The SMILES string of the molecule is O=C(CC(O)c1cc(Cl)cc(Cl)c1)Nc1cnccc1CO. The molecule has 116 valence electrons. The molecular weight excluding hydrogens is 327 g/mol. The average molecular weight is 341 g/mol. The number of hydrogen-bond acceptors (Lipinski definition) is 4. The number of nitrogens with zero attached hydrogens (tertiary/aromatic N) is 1. The molecule has 0 fully saturated rings. The first-order valence-corrected chi connectivity index (χ1v) is 7.23. The number of halogens is 2. The van der Waals surface area contributed by atoms with E-state index in [0.29, 0.717) is 26.9 Å². The maximum Gasteiger partial charge on any atom is 0.227 e. The van der Waals surface area contributed by atoms with Crippen LogP contribution in [0.25, 0.3) is 0 Å². The Morgan fingerprint density at radius 1 is 1.27 bits per heavy atom. The van der Waals surface area contributed by atoms with Crippen LogP contribution in [0.3, 0.4) is 0 Å². The molecule has 1 aromatic heterocycles. The summed E-state index contributed by atoms with van der Waals surface area (Å²) in [6.07, 6.45) is 1.75. The minimum atomic E-state index is -1.04. The van der Waals surface area contributed by atoms with E-state index in [4.69, 9.17) is 23.2 Å². The van der Waals surface area contributed by atoms with E-state index < -0.39 is 12.0 Å². The number of hydrogen-bond donors (Lipinski definition) is 3. The van der Waals surface area contributed by atoms with Crippen molar-refractivity contribution >= 4 is 34.8 Å². The van der Waals surface area contributed by atoms with Crippen LogP contribution in [-0.2, 0) is 11.4 Å². The Bertz CT molecular complexity index is 659. The molecule has 7 heteroatoms. The topological polar surface area (TPSA) is 82.5 Å². The molecule has 0 aliphatic carbocycles. The van der Waals surface area contributed by atoms with Gasteiger partial charge in [0.05, 0.1) is 31.0 Å². The van der Waals surface area contributed by atoms with Gasteiger partial charge in [0, 0.05) is 21.8 Å². The van der Waals surface area contributed by atoms with Crippen LogP contribution in [0.2, 0.25) is 10.0 Å². The van der Waals surface area contributed by atoms with Crippen molar-refractivity contribution in [2.24, 2.45) is 0 Å². The smallest absolute Gasteiger partial charge is 0.227 e. The number of rotatable bonds is 5. The van der Waals surface area contributed by atoms with Gasteiger partial charge >= 0.3 is 0 Å². The summed E-state index contributed by atoms with van der Waals surface area (Å²) in [5, 5.41) is 22.7. The number of pyridine rings is 1. The lowest BCUT2D eigenvalue weighted by molar-refractivity contribution is -0.118. The van der Waals surface area contributed by atoms with Crippen molar-refractivity contribution in [1.82, 2.24) is 4.98 Å². The van der Waals surface area contributed by atoms with Crippen molar-refractivity contribution < 1.29 is 15.0 Å². The average Bonchev–Trinajstić information content (AvgIpc) is 2.46. The Balaban J connectivity index is 2.05. The fraction of sp³-hybridized carbons (Fsp3) is 0.200. The lowest BCUT2D eigenvalue weighted by Crippen LogP contribution is -2.16. The van der Waals surface area contributed by atoms with Gasteiger partial charge in [0.2, 0.25) is 5.91 Å². The van der Waals surface area contributed by atoms with Gasteiger partial charge in [0.1, 0.15) is 0 Å². The fourth-order valence-corrected chi connectivity index (χ4v) is 2.48. The van der Waals surface area contributed by atoms with Crippen LogP contribution in [0.15, 0.2) is 36.7 Å². The number of aliphatic hydroxyl groups excluding tert-OH is 2. The predicted octanol–water partition coefficient (Wildman–Crippen LogP) is 2.94. The molecule has 0 aliphatic rings. The molecule has 1 amide bonds. The zero-order valence-electron chi connectivity index (χ0n) is 11.5. The molecule has 3 N–H and O–H groups in total. The van der Waals surface area contributed by atoms with E-state index in [0.717, 1.165) is 0 Å². The molecule has 0 aliphatic heterocycles. The van der Waals surface area contributed by atoms with E-state index in [1.807, 2.05) is 0 Å². The highest BCUT2D eigenvalue weighted by molar-refractivity contribution is 6.34. The Kier molecular flexibility index (Phi) is 5.74. The van der Waals surface area contributed by atoms with Crippen LogP contribution in [0.1, 0.15) is 23.7 Å². The number of aromatic nitrogens is 1. The lowest BCUT2D eigenvalue weighted by atomic mass is 10.1. The van der Waals surface area contributed by atoms with Gasteiger partial charge in [-0.05, 0) is 29.8 Å². The standard InChI is InChI=1S/C15H14Cl2N2O3/c16-11-3-10(4-12(17)5-11)14(21)6-15(22)19-13-7-18-2-1-9(13)8-20/h1-5,7,14,20-21H,6,8H2,(H,19,22). The third kappa shape index (κ3) is 4.42. The summed E-state index contributed by atoms with van der Waals surface area (Å²) in [7, 11) is 0. The zero-order chi connectivity index (χ0) is 16.1. The molecule has 5 nitrogen and oxygen atoms in total.